The molecule has 3 aromatic rings. The maximum absolute atomic E-state index is 13.9. The molecule has 0 radical (unpaired) electrons. The van der Waals surface area contributed by atoms with E-state index in [4.69, 9.17) is 5.73 Å². The molecular formula is C13H11FN4. The van der Waals surface area contributed by atoms with Gasteiger partial charge in [-0.2, -0.15) is 0 Å². The largest absolute Gasteiger partial charge is 0.399 e. The zero-order chi connectivity index (χ0) is 12.7. The molecule has 90 valence electrons. The number of hydrogen-bond donors (Lipinski definition) is 1. The molecule has 0 aliphatic rings. The van der Waals surface area contributed by atoms with Gasteiger partial charge in [0, 0.05) is 18.9 Å². The van der Waals surface area contributed by atoms with Gasteiger partial charge in [0.1, 0.15) is 17.2 Å². The Morgan fingerprint density at radius 3 is 2.83 bits per heavy atom. The lowest BCUT2D eigenvalue weighted by Gasteiger charge is -2.04. The van der Waals surface area contributed by atoms with E-state index in [0.29, 0.717) is 17.1 Å². The van der Waals surface area contributed by atoms with Crippen molar-refractivity contribution in [3.63, 3.8) is 0 Å². The number of rotatable bonds is 1. The minimum Gasteiger partial charge on any atom is -0.399 e. The van der Waals surface area contributed by atoms with Crippen LogP contribution >= 0.6 is 0 Å². The van der Waals surface area contributed by atoms with Crippen molar-refractivity contribution in [3.8, 4) is 11.4 Å². The zero-order valence-electron chi connectivity index (χ0n) is 9.76. The van der Waals surface area contributed by atoms with E-state index in [9.17, 15) is 4.39 Å². The molecule has 3 rings (SSSR count). The first-order valence-electron chi connectivity index (χ1n) is 5.49. The number of hydrogen-bond acceptors (Lipinski definition) is 3. The second-order valence-electron chi connectivity index (χ2n) is 4.08. The van der Waals surface area contributed by atoms with Crippen molar-refractivity contribution in [2.45, 2.75) is 0 Å². The van der Waals surface area contributed by atoms with Gasteiger partial charge >= 0.3 is 0 Å². The quantitative estimate of drug-likeness (QED) is 0.666. The number of benzene rings is 1. The second-order valence-corrected chi connectivity index (χ2v) is 4.08. The molecule has 5 heteroatoms. The molecule has 2 aromatic heterocycles. The number of aromatic nitrogens is 3. The summed E-state index contributed by atoms with van der Waals surface area (Å²) in [7, 11) is 1.81. The molecule has 0 saturated carbocycles. The molecule has 0 saturated heterocycles. The summed E-state index contributed by atoms with van der Waals surface area (Å²) < 4.78 is 15.7. The summed E-state index contributed by atoms with van der Waals surface area (Å²) in [5.41, 5.74) is 7.82. The van der Waals surface area contributed by atoms with Gasteiger partial charge in [0.2, 0.25) is 0 Å². The summed E-state index contributed by atoms with van der Waals surface area (Å²) >= 11 is 0. The monoisotopic (exact) mass is 242 g/mol. The van der Waals surface area contributed by atoms with Crippen LogP contribution in [0.2, 0.25) is 0 Å². The lowest BCUT2D eigenvalue weighted by atomic mass is 10.2. The Labute approximate surface area is 103 Å². The number of nitrogens with zero attached hydrogens (tertiary/aromatic N) is 3. The van der Waals surface area contributed by atoms with E-state index < -0.39 is 0 Å². The Kier molecular flexibility index (Phi) is 2.26. The molecule has 18 heavy (non-hydrogen) atoms. The average Bonchev–Trinajstić information content (AvgIpc) is 2.68. The van der Waals surface area contributed by atoms with E-state index in [0.717, 1.165) is 11.2 Å². The van der Waals surface area contributed by atoms with Gasteiger partial charge in [-0.25, -0.2) is 14.4 Å². The van der Waals surface area contributed by atoms with Gasteiger partial charge in [0.05, 0.1) is 5.56 Å². The molecule has 2 N–H and O–H groups in total. The van der Waals surface area contributed by atoms with Crippen molar-refractivity contribution in [3.05, 3.63) is 42.3 Å². The van der Waals surface area contributed by atoms with Crippen molar-refractivity contribution in [1.82, 2.24) is 14.5 Å². The molecule has 0 atom stereocenters. The average molecular weight is 242 g/mol. The van der Waals surface area contributed by atoms with E-state index in [1.165, 1.54) is 6.07 Å². The third kappa shape index (κ3) is 1.52. The molecule has 0 spiro atoms. The lowest BCUT2D eigenvalue weighted by Crippen LogP contribution is -1.97. The van der Waals surface area contributed by atoms with Crippen LogP contribution in [-0.4, -0.2) is 14.5 Å². The minimum absolute atomic E-state index is 0.381. The SMILES string of the molecule is Cn1c(-c2ccc(N)cc2F)nc2cccnc21. The van der Waals surface area contributed by atoms with E-state index in [2.05, 4.69) is 9.97 Å². The smallest absolute Gasteiger partial charge is 0.160 e. The Bertz CT molecular complexity index is 733. The lowest BCUT2D eigenvalue weighted by molar-refractivity contribution is 0.629. The van der Waals surface area contributed by atoms with Crippen molar-refractivity contribution < 1.29 is 4.39 Å². The number of pyridine rings is 1. The second kappa shape index (κ2) is 3.80. The molecule has 0 aliphatic carbocycles. The number of nitrogens with two attached hydrogens (primary N) is 1. The molecule has 0 aliphatic heterocycles. The number of aryl methyl sites for hydroxylation is 1. The van der Waals surface area contributed by atoms with Crippen LogP contribution in [0.3, 0.4) is 0 Å². The van der Waals surface area contributed by atoms with E-state index in [-0.39, 0.29) is 5.82 Å². The maximum atomic E-state index is 13.9. The standard InChI is InChI=1S/C13H11FN4/c1-18-12(9-5-4-8(15)7-10(9)14)17-11-3-2-6-16-13(11)18/h2-7H,15H2,1H3. The van der Waals surface area contributed by atoms with Crippen molar-refractivity contribution in [1.29, 1.82) is 0 Å². The third-order valence-corrected chi connectivity index (χ3v) is 2.86. The highest BCUT2D eigenvalue weighted by molar-refractivity contribution is 5.77. The first-order valence-corrected chi connectivity index (χ1v) is 5.49. The van der Waals surface area contributed by atoms with Gasteiger partial charge in [-0.05, 0) is 30.3 Å². The summed E-state index contributed by atoms with van der Waals surface area (Å²) in [6, 6.07) is 8.23. The summed E-state index contributed by atoms with van der Waals surface area (Å²) in [5.74, 6) is 0.162. The van der Waals surface area contributed by atoms with Crippen molar-refractivity contribution in [2.75, 3.05) is 5.73 Å². The van der Waals surface area contributed by atoms with Crippen LogP contribution in [0.4, 0.5) is 10.1 Å². The highest BCUT2D eigenvalue weighted by atomic mass is 19.1. The molecule has 2 heterocycles. The molecule has 0 unspecified atom stereocenters. The van der Waals surface area contributed by atoms with Crippen LogP contribution in [0.1, 0.15) is 0 Å². The van der Waals surface area contributed by atoms with Crippen molar-refractivity contribution in [2.24, 2.45) is 7.05 Å². The number of anilines is 1. The number of fused-ring (bicyclic) bond motifs is 1. The fourth-order valence-corrected chi connectivity index (χ4v) is 1.98. The van der Waals surface area contributed by atoms with Crippen LogP contribution in [0.5, 0.6) is 0 Å². The third-order valence-electron chi connectivity index (χ3n) is 2.86. The fraction of sp³-hybridized carbons (Fsp3) is 0.0769. The Morgan fingerprint density at radius 2 is 2.11 bits per heavy atom. The van der Waals surface area contributed by atoms with Crippen LogP contribution in [-0.2, 0) is 7.05 Å². The van der Waals surface area contributed by atoms with Gasteiger partial charge in [-0.15, -0.1) is 0 Å². The molecule has 4 nitrogen and oxygen atoms in total. The van der Waals surface area contributed by atoms with Gasteiger partial charge in [0.25, 0.3) is 0 Å². The van der Waals surface area contributed by atoms with E-state index >= 15 is 0 Å². The minimum atomic E-state index is -0.381. The Balaban J connectivity index is 2.28. The maximum Gasteiger partial charge on any atom is 0.160 e. The fourth-order valence-electron chi connectivity index (χ4n) is 1.98. The van der Waals surface area contributed by atoms with Gasteiger partial charge in [0.15, 0.2) is 5.65 Å². The number of halogens is 1. The predicted octanol–water partition coefficient (Wildman–Crippen LogP) is 2.36. The van der Waals surface area contributed by atoms with Crippen LogP contribution < -0.4 is 5.73 Å². The Hall–Kier alpha value is -2.43. The summed E-state index contributed by atoms with van der Waals surface area (Å²) in [4.78, 5) is 8.62. The molecule has 0 bridgehead atoms. The van der Waals surface area contributed by atoms with Crippen LogP contribution in [0.25, 0.3) is 22.6 Å². The molecule has 0 amide bonds. The van der Waals surface area contributed by atoms with Crippen molar-refractivity contribution >= 4 is 16.9 Å². The number of nitrogen functional groups attached to an aromatic ring is 1. The van der Waals surface area contributed by atoms with E-state index in [1.807, 2.05) is 13.1 Å². The molecule has 0 fully saturated rings. The highest BCUT2D eigenvalue weighted by Crippen LogP contribution is 2.25. The van der Waals surface area contributed by atoms with Crippen LogP contribution in [0, 0.1) is 5.82 Å². The zero-order valence-corrected chi connectivity index (χ0v) is 9.76. The van der Waals surface area contributed by atoms with E-state index in [1.54, 1.807) is 29.0 Å². The highest BCUT2D eigenvalue weighted by Gasteiger charge is 2.13. The van der Waals surface area contributed by atoms with Gasteiger partial charge in [-0.3, -0.25) is 0 Å². The number of imidazole rings is 1. The van der Waals surface area contributed by atoms with Gasteiger partial charge in [-0.1, -0.05) is 0 Å². The molecular weight excluding hydrogens is 231 g/mol. The Morgan fingerprint density at radius 1 is 1.28 bits per heavy atom. The normalized spacial score (nSPS) is 11.0. The topological polar surface area (TPSA) is 56.7 Å². The van der Waals surface area contributed by atoms with Gasteiger partial charge < -0.3 is 10.3 Å². The summed E-state index contributed by atoms with van der Waals surface area (Å²) in [6.07, 6.45) is 1.69. The van der Waals surface area contributed by atoms with Crippen LogP contribution in [0.15, 0.2) is 36.5 Å². The first-order chi connectivity index (χ1) is 8.66. The molecule has 1 aromatic carbocycles. The predicted molar refractivity (Wildman–Crippen MR) is 68.3 cm³/mol. The first kappa shape index (κ1) is 10.7. The summed E-state index contributed by atoms with van der Waals surface area (Å²) in [5, 5.41) is 0. The summed E-state index contributed by atoms with van der Waals surface area (Å²) in [6.45, 7) is 0.